The van der Waals surface area contributed by atoms with Crippen molar-refractivity contribution in [1.29, 1.82) is 0 Å². The molecule has 0 radical (unpaired) electrons. The Kier molecular flexibility index (Phi) is 6.69. The molecule has 2 rings (SSSR count). The molecule has 2 fully saturated rings. The molecule has 2 saturated heterocycles. The maximum Gasteiger partial charge on any atom is 0.317 e. The first-order valence-electron chi connectivity index (χ1n) is 7.34. The molecular formula is C14H25N3O2S. The first kappa shape index (κ1) is 15.7. The topological polar surface area (TPSA) is 44.8 Å². The van der Waals surface area contributed by atoms with Gasteiger partial charge in [-0.1, -0.05) is 6.08 Å². The van der Waals surface area contributed by atoms with E-state index >= 15 is 0 Å². The zero-order chi connectivity index (χ0) is 14.2. The van der Waals surface area contributed by atoms with Crippen molar-refractivity contribution < 1.29 is 9.53 Å². The number of urea groups is 1. The van der Waals surface area contributed by atoms with Gasteiger partial charge in [0.15, 0.2) is 0 Å². The van der Waals surface area contributed by atoms with E-state index in [1.807, 2.05) is 16.7 Å². The molecule has 2 heterocycles. The molecule has 2 aliphatic heterocycles. The lowest BCUT2D eigenvalue weighted by atomic mass is 10.2. The Morgan fingerprint density at radius 2 is 2.20 bits per heavy atom. The number of rotatable bonds is 4. The van der Waals surface area contributed by atoms with Gasteiger partial charge in [-0.2, -0.15) is 11.8 Å². The Morgan fingerprint density at radius 3 is 2.95 bits per heavy atom. The molecule has 0 bridgehead atoms. The summed E-state index contributed by atoms with van der Waals surface area (Å²) >= 11 is 1.96. The highest BCUT2D eigenvalue weighted by atomic mass is 32.2. The summed E-state index contributed by atoms with van der Waals surface area (Å²) in [6.07, 6.45) is 2.80. The first-order chi connectivity index (χ1) is 9.81. The van der Waals surface area contributed by atoms with Crippen molar-refractivity contribution in [3.8, 4) is 0 Å². The van der Waals surface area contributed by atoms with Crippen molar-refractivity contribution in [2.75, 3.05) is 57.4 Å². The minimum atomic E-state index is 0.0469. The number of thioether (sulfide) groups is 1. The summed E-state index contributed by atoms with van der Waals surface area (Å²) in [5.41, 5.74) is 0. The van der Waals surface area contributed by atoms with Crippen LogP contribution >= 0.6 is 11.8 Å². The number of nitrogens with zero attached hydrogens (tertiary/aromatic N) is 2. The number of hydrogen-bond donors (Lipinski definition) is 1. The fourth-order valence-electron chi connectivity index (χ4n) is 2.59. The number of carbonyl (C=O) groups excluding carboxylic acids is 1. The standard InChI is InChI=1S/C14H25N3O2S/c1-2-4-15-14(18)17-5-3-10-20-12-13(17)11-16-6-8-19-9-7-16/h2,13H,1,3-12H2,(H,15,18). The number of ether oxygens (including phenoxy) is 1. The summed E-state index contributed by atoms with van der Waals surface area (Å²) in [6, 6.07) is 0.344. The van der Waals surface area contributed by atoms with Crippen molar-refractivity contribution in [1.82, 2.24) is 15.1 Å². The van der Waals surface area contributed by atoms with Gasteiger partial charge in [-0.25, -0.2) is 4.79 Å². The fraction of sp³-hybridized carbons (Fsp3) is 0.786. The lowest BCUT2D eigenvalue weighted by molar-refractivity contribution is 0.0284. The quantitative estimate of drug-likeness (QED) is 0.787. The van der Waals surface area contributed by atoms with E-state index in [9.17, 15) is 4.79 Å². The highest BCUT2D eigenvalue weighted by Crippen LogP contribution is 2.18. The fourth-order valence-corrected chi connectivity index (χ4v) is 3.65. The molecule has 1 N–H and O–H groups in total. The predicted octanol–water partition coefficient (Wildman–Crippen LogP) is 1.02. The summed E-state index contributed by atoms with van der Waals surface area (Å²) in [4.78, 5) is 16.7. The van der Waals surface area contributed by atoms with Gasteiger partial charge in [0, 0.05) is 38.5 Å². The second-order valence-corrected chi connectivity index (χ2v) is 6.31. The Hall–Kier alpha value is -0.720. The van der Waals surface area contributed by atoms with Gasteiger partial charge in [0.1, 0.15) is 0 Å². The summed E-state index contributed by atoms with van der Waals surface area (Å²) in [5, 5.41) is 2.91. The van der Waals surface area contributed by atoms with Gasteiger partial charge in [0.25, 0.3) is 0 Å². The molecule has 2 aliphatic rings. The molecule has 0 saturated carbocycles. The number of nitrogens with one attached hydrogen (secondary N) is 1. The van der Waals surface area contributed by atoms with Crippen molar-refractivity contribution in [3.63, 3.8) is 0 Å². The van der Waals surface area contributed by atoms with Gasteiger partial charge in [-0.15, -0.1) is 6.58 Å². The maximum absolute atomic E-state index is 12.3. The smallest absolute Gasteiger partial charge is 0.317 e. The van der Waals surface area contributed by atoms with E-state index in [0.717, 1.165) is 57.3 Å². The van der Waals surface area contributed by atoms with Crippen molar-refractivity contribution in [3.05, 3.63) is 12.7 Å². The monoisotopic (exact) mass is 299 g/mol. The summed E-state index contributed by atoms with van der Waals surface area (Å²) in [5.74, 6) is 2.17. The molecule has 0 aromatic heterocycles. The number of hydrogen-bond acceptors (Lipinski definition) is 4. The van der Waals surface area contributed by atoms with E-state index in [1.54, 1.807) is 6.08 Å². The average Bonchev–Trinajstić information content (AvgIpc) is 2.71. The van der Waals surface area contributed by atoms with Crippen LogP contribution in [0.4, 0.5) is 4.79 Å². The molecule has 0 aliphatic carbocycles. The van der Waals surface area contributed by atoms with Gasteiger partial charge in [0.2, 0.25) is 0 Å². The zero-order valence-electron chi connectivity index (χ0n) is 12.1. The minimum absolute atomic E-state index is 0.0469. The molecule has 5 nitrogen and oxygen atoms in total. The zero-order valence-corrected chi connectivity index (χ0v) is 12.9. The van der Waals surface area contributed by atoms with Crippen LogP contribution in [0.5, 0.6) is 0 Å². The lowest BCUT2D eigenvalue weighted by Crippen LogP contribution is -2.53. The molecule has 6 heteroatoms. The van der Waals surface area contributed by atoms with Crippen LogP contribution in [-0.2, 0) is 4.74 Å². The largest absolute Gasteiger partial charge is 0.379 e. The number of amides is 2. The van der Waals surface area contributed by atoms with E-state index in [0.29, 0.717) is 12.6 Å². The van der Waals surface area contributed by atoms with E-state index in [1.165, 1.54) is 0 Å². The molecule has 0 aromatic carbocycles. The molecule has 0 spiro atoms. The predicted molar refractivity (Wildman–Crippen MR) is 83.3 cm³/mol. The Morgan fingerprint density at radius 1 is 1.40 bits per heavy atom. The maximum atomic E-state index is 12.3. The SMILES string of the molecule is C=CCNC(=O)N1CCCSCC1CN1CCOCC1. The molecular weight excluding hydrogens is 274 g/mol. The minimum Gasteiger partial charge on any atom is -0.379 e. The highest BCUT2D eigenvalue weighted by molar-refractivity contribution is 7.99. The van der Waals surface area contributed by atoms with Crippen LogP contribution in [0.3, 0.4) is 0 Å². The molecule has 2 amide bonds. The van der Waals surface area contributed by atoms with Crippen LogP contribution in [0.25, 0.3) is 0 Å². The van der Waals surface area contributed by atoms with Crippen LogP contribution in [0.15, 0.2) is 12.7 Å². The first-order valence-corrected chi connectivity index (χ1v) is 8.50. The van der Waals surface area contributed by atoms with Crippen LogP contribution in [0, 0.1) is 0 Å². The molecule has 114 valence electrons. The number of carbonyl (C=O) groups is 1. The van der Waals surface area contributed by atoms with E-state index in [2.05, 4.69) is 16.8 Å². The van der Waals surface area contributed by atoms with Gasteiger partial charge in [-0.05, 0) is 12.2 Å². The molecule has 0 aromatic rings. The van der Waals surface area contributed by atoms with E-state index in [-0.39, 0.29) is 6.03 Å². The van der Waals surface area contributed by atoms with Crippen LogP contribution in [0.2, 0.25) is 0 Å². The third-order valence-corrected chi connectivity index (χ3v) is 4.87. The van der Waals surface area contributed by atoms with Gasteiger partial charge >= 0.3 is 6.03 Å². The van der Waals surface area contributed by atoms with Crippen molar-refractivity contribution in [2.45, 2.75) is 12.5 Å². The Balaban J connectivity index is 1.92. The van der Waals surface area contributed by atoms with Gasteiger partial charge < -0.3 is 15.0 Å². The second-order valence-electron chi connectivity index (χ2n) is 5.16. The number of morpholine rings is 1. The molecule has 20 heavy (non-hydrogen) atoms. The van der Waals surface area contributed by atoms with E-state index < -0.39 is 0 Å². The molecule has 1 unspecified atom stereocenters. The summed E-state index contributed by atoms with van der Waals surface area (Å²) in [6.45, 7) is 9.56. The summed E-state index contributed by atoms with van der Waals surface area (Å²) in [7, 11) is 0. The van der Waals surface area contributed by atoms with E-state index in [4.69, 9.17) is 4.74 Å². The van der Waals surface area contributed by atoms with Crippen molar-refractivity contribution >= 4 is 17.8 Å². The van der Waals surface area contributed by atoms with Crippen LogP contribution < -0.4 is 5.32 Å². The van der Waals surface area contributed by atoms with Crippen molar-refractivity contribution in [2.24, 2.45) is 0 Å². The highest BCUT2D eigenvalue weighted by Gasteiger charge is 2.27. The second kappa shape index (κ2) is 8.54. The van der Waals surface area contributed by atoms with Gasteiger partial charge in [0.05, 0.1) is 19.3 Å². The lowest BCUT2D eigenvalue weighted by Gasteiger charge is -2.35. The third-order valence-electron chi connectivity index (χ3n) is 3.67. The normalized spacial score (nSPS) is 25.0. The van der Waals surface area contributed by atoms with Crippen LogP contribution in [-0.4, -0.2) is 79.3 Å². The average molecular weight is 299 g/mol. The Labute approximate surface area is 125 Å². The van der Waals surface area contributed by atoms with Gasteiger partial charge in [-0.3, -0.25) is 4.90 Å². The summed E-state index contributed by atoms with van der Waals surface area (Å²) < 4.78 is 5.39. The van der Waals surface area contributed by atoms with Crippen LogP contribution in [0.1, 0.15) is 6.42 Å². The third kappa shape index (κ3) is 4.68. The molecule has 1 atom stereocenters. The Bertz CT molecular complexity index is 322.